The highest BCUT2D eigenvalue weighted by Gasteiger charge is 2.07. The Hall–Kier alpha value is -1.08. The summed E-state index contributed by atoms with van der Waals surface area (Å²) in [6.07, 6.45) is 0.911. The molecule has 1 fully saturated rings. The number of nitriles is 1. The Bertz CT molecular complexity index is 199. The molecule has 1 N–H and O–H groups in total. The monoisotopic (exact) mass is 167 g/mol. The second-order valence-electron chi connectivity index (χ2n) is 2.87. The molecule has 0 aromatic carbocycles. The van der Waals surface area contributed by atoms with Crippen molar-refractivity contribution in [3.63, 3.8) is 0 Å². The van der Waals surface area contributed by atoms with Gasteiger partial charge in [0.2, 0.25) is 0 Å². The first-order valence-corrected chi connectivity index (χ1v) is 4.08. The minimum Gasteiger partial charge on any atom is -0.375 e. The molecule has 1 aliphatic heterocycles. The molecule has 0 spiro atoms. The third kappa shape index (κ3) is 2.89. The van der Waals surface area contributed by atoms with E-state index in [4.69, 9.17) is 10.00 Å². The summed E-state index contributed by atoms with van der Waals surface area (Å²) in [5.74, 6) is 0.0108. The van der Waals surface area contributed by atoms with Gasteiger partial charge in [0.15, 0.2) is 0 Å². The molecule has 0 bridgehead atoms. The number of nitrogens with one attached hydrogen (secondary N) is 1. The molecule has 1 unspecified atom stereocenters. The van der Waals surface area contributed by atoms with Crippen molar-refractivity contribution in [2.24, 2.45) is 11.0 Å². The first-order chi connectivity index (χ1) is 5.83. The number of rotatable bonds is 3. The fourth-order valence-corrected chi connectivity index (χ4v) is 0.880. The van der Waals surface area contributed by atoms with Crippen LogP contribution in [-0.2, 0) is 4.74 Å². The molecule has 0 radical (unpaired) electrons. The van der Waals surface area contributed by atoms with Crippen molar-refractivity contribution in [2.45, 2.75) is 13.3 Å². The Morgan fingerprint density at radius 2 is 2.67 bits per heavy atom. The summed E-state index contributed by atoms with van der Waals surface area (Å²) in [6.45, 7) is 3.88. The maximum Gasteiger partial charge on any atom is 0.0867 e. The molecule has 66 valence electrons. The van der Waals surface area contributed by atoms with E-state index in [1.165, 1.54) is 0 Å². The highest BCUT2D eigenvalue weighted by Crippen LogP contribution is 1.98. The van der Waals surface area contributed by atoms with E-state index < -0.39 is 0 Å². The van der Waals surface area contributed by atoms with Crippen molar-refractivity contribution in [3.8, 4) is 6.07 Å². The fourth-order valence-electron chi connectivity index (χ4n) is 0.880. The maximum absolute atomic E-state index is 8.46. The summed E-state index contributed by atoms with van der Waals surface area (Å²) in [5.41, 5.74) is 3.91. The van der Waals surface area contributed by atoms with Gasteiger partial charge in [0.25, 0.3) is 0 Å². The van der Waals surface area contributed by atoms with Gasteiger partial charge in [-0.3, -0.25) is 0 Å². The lowest BCUT2D eigenvalue weighted by atomic mass is 10.2. The van der Waals surface area contributed by atoms with Crippen LogP contribution in [0.1, 0.15) is 13.3 Å². The summed E-state index contributed by atoms with van der Waals surface area (Å²) in [5, 5.41) is 12.6. The summed E-state index contributed by atoms with van der Waals surface area (Å²) < 4.78 is 5.11. The normalized spacial score (nSPS) is 22.2. The molecular weight excluding hydrogens is 154 g/mol. The van der Waals surface area contributed by atoms with E-state index in [1.54, 1.807) is 0 Å². The molecule has 1 rings (SSSR count). The third-order valence-electron chi connectivity index (χ3n) is 1.66. The molecule has 0 saturated carbocycles. The van der Waals surface area contributed by atoms with Gasteiger partial charge in [-0.2, -0.15) is 10.4 Å². The van der Waals surface area contributed by atoms with Crippen LogP contribution in [0, 0.1) is 17.2 Å². The molecule has 0 aromatic heterocycles. The third-order valence-corrected chi connectivity index (χ3v) is 1.66. The van der Waals surface area contributed by atoms with E-state index in [0.29, 0.717) is 13.2 Å². The van der Waals surface area contributed by atoms with Crippen LogP contribution in [0.25, 0.3) is 0 Å². The van der Waals surface area contributed by atoms with Gasteiger partial charge in [-0.25, -0.2) is 0 Å². The average molecular weight is 167 g/mol. The van der Waals surface area contributed by atoms with Crippen molar-refractivity contribution in [3.05, 3.63) is 0 Å². The molecule has 0 aliphatic carbocycles. The van der Waals surface area contributed by atoms with Crippen molar-refractivity contribution < 1.29 is 4.74 Å². The second kappa shape index (κ2) is 4.73. The Labute approximate surface area is 72.2 Å². The maximum atomic E-state index is 8.46. The van der Waals surface area contributed by atoms with E-state index in [-0.39, 0.29) is 5.92 Å². The second-order valence-corrected chi connectivity index (χ2v) is 2.87. The fraction of sp³-hybridized carbons (Fsp3) is 0.750. The van der Waals surface area contributed by atoms with Gasteiger partial charge in [0, 0.05) is 13.0 Å². The first-order valence-electron chi connectivity index (χ1n) is 4.08. The molecule has 0 aromatic rings. The van der Waals surface area contributed by atoms with Crippen LogP contribution in [0.3, 0.4) is 0 Å². The quantitative estimate of drug-likeness (QED) is 0.623. The number of nitrogens with zero attached hydrogens (tertiary/aromatic N) is 2. The number of ether oxygens (including phenoxy) is 1. The molecule has 1 heterocycles. The van der Waals surface area contributed by atoms with Crippen LogP contribution >= 0.6 is 0 Å². The molecule has 1 atom stereocenters. The summed E-state index contributed by atoms with van der Waals surface area (Å²) in [7, 11) is 0. The number of hydrazone groups is 1. The molecule has 0 amide bonds. The number of hydrogen-bond acceptors (Lipinski definition) is 4. The van der Waals surface area contributed by atoms with Crippen molar-refractivity contribution in [2.75, 3.05) is 19.8 Å². The largest absolute Gasteiger partial charge is 0.375 e. The molecule has 1 saturated heterocycles. The van der Waals surface area contributed by atoms with E-state index in [2.05, 4.69) is 16.6 Å². The van der Waals surface area contributed by atoms with Gasteiger partial charge in [0.05, 0.1) is 30.9 Å². The lowest BCUT2D eigenvalue weighted by molar-refractivity contribution is 0.209. The van der Waals surface area contributed by atoms with Crippen LogP contribution in [0.5, 0.6) is 0 Å². The lowest BCUT2D eigenvalue weighted by Gasteiger charge is -2.01. The van der Waals surface area contributed by atoms with Crippen molar-refractivity contribution >= 4 is 5.71 Å². The zero-order valence-corrected chi connectivity index (χ0v) is 7.21. The Morgan fingerprint density at radius 3 is 3.25 bits per heavy atom. The molecule has 1 aliphatic rings. The van der Waals surface area contributed by atoms with E-state index >= 15 is 0 Å². The molecular formula is C8H13N3O. The standard InChI is InChI=1S/C8H13N3O/c1-7(4-9)5-10-11-8-2-3-12-6-8/h7,10H,2-3,5-6H2,1H3/b11-8+. The zero-order valence-electron chi connectivity index (χ0n) is 7.21. The Balaban J connectivity index is 2.16. The van der Waals surface area contributed by atoms with E-state index in [1.807, 2.05) is 6.92 Å². The minimum atomic E-state index is 0.0108. The predicted octanol–water partition coefficient (Wildman–Crippen LogP) is 0.512. The van der Waals surface area contributed by atoms with Gasteiger partial charge in [-0.15, -0.1) is 0 Å². The van der Waals surface area contributed by atoms with Gasteiger partial charge in [-0.1, -0.05) is 0 Å². The van der Waals surface area contributed by atoms with Crippen LogP contribution < -0.4 is 5.43 Å². The van der Waals surface area contributed by atoms with Gasteiger partial charge < -0.3 is 10.2 Å². The Morgan fingerprint density at radius 1 is 1.83 bits per heavy atom. The SMILES string of the molecule is CC(C#N)CN/N=C1\CCOC1. The van der Waals surface area contributed by atoms with Gasteiger partial charge >= 0.3 is 0 Å². The first kappa shape index (κ1) is 9.01. The van der Waals surface area contributed by atoms with Crippen LogP contribution in [0.2, 0.25) is 0 Å². The van der Waals surface area contributed by atoms with Crippen molar-refractivity contribution in [1.29, 1.82) is 5.26 Å². The Kier molecular flexibility index (Phi) is 3.55. The van der Waals surface area contributed by atoms with Crippen LogP contribution in [0.15, 0.2) is 5.10 Å². The van der Waals surface area contributed by atoms with E-state index in [9.17, 15) is 0 Å². The lowest BCUT2D eigenvalue weighted by Crippen LogP contribution is -2.16. The zero-order chi connectivity index (χ0) is 8.81. The molecule has 4 nitrogen and oxygen atoms in total. The smallest absolute Gasteiger partial charge is 0.0867 e. The molecule has 4 heteroatoms. The average Bonchev–Trinajstić information content (AvgIpc) is 2.57. The summed E-state index contributed by atoms with van der Waals surface area (Å²) >= 11 is 0. The highest BCUT2D eigenvalue weighted by atomic mass is 16.5. The van der Waals surface area contributed by atoms with Crippen molar-refractivity contribution in [1.82, 2.24) is 5.43 Å². The minimum absolute atomic E-state index is 0.0108. The van der Waals surface area contributed by atoms with Crippen LogP contribution in [-0.4, -0.2) is 25.5 Å². The summed E-state index contributed by atoms with van der Waals surface area (Å²) in [6, 6.07) is 2.13. The topological polar surface area (TPSA) is 57.4 Å². The van der Waals surface area contributed by atoms with E-state index in [0.717, 1.165) is 18.7 Å². The van der Waals surface area contributed by atoms with Gasteiger partial charge in [-0.05, 0) is 6.92 Å². The predicted molar refractivity (Wildman–Crippen MR) is 45.7 cm³/mol. The highest BCUT2D eigenvalue weighted by molar-refractivity contribution is 5.86. The van der Waals surface area contributed by atoms with Gasteiger partial charge in [0.1, 0.15) is 0 Å². The summed E-state index contributed by atoms with van der Waals surface area (Å²) in [4.78, 5) is 0. The van der Waals surface area contributed by atoms with Crippen LogP contribution in [0.4, 0.5) is 0 Å². The molecule has 12 heavy (non-hydrogen) atoms. The number of hydrogen-bond donors (Lipinski definition) is 1.